The second kappa shape index (κ2) is 7.87. The summed E-state index contributed by atoms with van der Waals surface area (Å²) in [6, 6.07) is 10.5. The molecule has 28 heavy (non-hydrogen) atoms. The van der Waals surface area contributed by atoms with Crippen molar-refractivity contribution >= 4 is 11.7 Å². The van der Waals surface area contributed by atoms with Crippen molar-refractivity contribution in [2.24, 2.45) is 0 Å². The van der Waals surface area contributed by atoms with Gasteiger partial charge < -0.3 is 14.5 Å². The van der Waals surface area contributed by atoms with Crippen LogP contribution < -0.4 is 4.90 Å². The van der Waals surface area contributed by atoms with Crippen LogP contribution in [0.15, 0.2) is 42.6 Å². The lowest BCUT2D eigenvalue weighted by Crippen LogP contribution is -2.45. The first kappa shape index (κ1) is 18.9. The van der Waals surface area contributed by atoms with E-state index in [4.69, 9.17) is 4.74 Å². The Labute approximate surface area is 165 Å². The third-order valence-electron chi connectivity index (χ3n) is 5.29. The number of benzene rings is 1. The molecule has 148 valence electrons. The van der Waals surface area contributed by atoms with E-state index < -0.39 is 0 Å². The third-order valence-corrected chi connectivity index (χ3v) is 5.29. The quantitative estimate of drug-likeness (QED) is 0.791. The largest absolute Gasteiger partial charge is 0.372 e. The maximum Gasteiger partial charge on any atom is 0.255 e. The predicted molar refractivity (Wildman–Crippen MR) is 106 cm³/mol. The Morgan fingerprint density at radius 3 is 2.50 bits per heavy atom. The molecule has 2 atom stereocenters. The Bertz CT molecular complexity index is 828. The van der Waals surface area contributed by atoms with Crippen LogP contribution in [0.1, 0.15) is 42.6 Å². The molecule has 6 heteroatoms. The highest BCUT2D eigenvalue weighted by Crippen LogP contribution is 2.30. The Morgan fingerprint density at radius 2 is 1.89 bits per heavy atom. The van der Waals surface area contributed by atoms with Gasteiger partial charge in [-0.1, -0.05) is 18.2 Å². The highest BCUT2D eigenvalue weighted by molar-refractivity contribution is 5.94. The number of aromatic nitrogens is 1. The molecular weight excluding hydrogens is 357 g/mol. The number of amides is 1. The number of rotatable bonds is 5. The van der Waals surface area contributed by atoms with Gasteiger partial charge >= 0.3 is 0 Å². The molecule has 0 spiro atoms. The fraction of sp³-hybridized carbons (Fsp3) is 0.455. The van der Waals surface area contributed by atoms with E-state index >= 15 is 0 Å². The average Bonchev–Trinajstić information content (AvgIpc) is 3.51. The van der Waals surface area contributed by atoms with Gasteiger partial charge in [0.15, 0.2) is 0 Å². The molecule has 1 aliphatic heterocycles. The van der Waals surface area contributed by atoms with Gasteiger partial charge in [0.05, 0.1) is 17.8 Å². The SMILES string of the molecule is C[C@H]1CN(c2ccc(C(=O)N(Cc3ccccc3F)C3CC3)cn2)C[C@H](C)O1. The molecule has 2 aromatic rings. The zero-order valence-electron chi connectivity index (χ0n) is 16.3. The van der Waals surface area contributed by atoms with E-state index in [1.807, 2.05) is 12.1 Å². The summed E-state index contributed by atoms with van der Waals surface area (Å²) in [5, 5.41) is 0. The summed E-state index contributed by atoms with van der Waals surface area (Å²) in [5.41, 5.74) is 1.09. The highest BCUT2D eigenvalue weighted by atomic mass is 19.1. The number of pyridine rings is 1. The Kier molecular flexibility index (Phi) is 5.31. The van der Waals surface area contributed by atoms with Gasteiger partial charge in [-0.2, -0.15) is 0 Å². The number of morpholine rings is 1. The lowest BCUT2D eigenvalue weighted by Gasteiger charge is -2.36. The summed E-state index contributed by atoms with van der Waals surface area (Å²) in [6.45, 7) is 5.96. The normalized spacial score (nSPS) is 22.2. The van der Waals surface area contributed by atoms with Gasteiger partial charge in [0.2, 0.25) is 0 Å². The van der Waals surface area contributed by atoms with E-state index in [-0.39, 0.29) is 36.5 Å². The van der Waals surface area contributed by atoms with Gasteiger partial charge in [-0.3, -0.25) is 4.79 Å². The first-order valence-corrected chi connectivity index (χ1v) is 9.92. The summed E-state index contributed by atoms with van der Waals surface area (Å²) in [6.07, 6.45) is 3.87. The van der Waals surface area contributed by atoms with Crippen LogP contribution in [0.4, 0.5) is 10.2 Å². The van der Waals surface area contributed by atoms with E-state index in [1.165, 1.54) is 6.07 Å². The van der Waals surface area contributed by atoms with Crippen LogP contribution in [0.3, 0.4) is 0 Å². The van der Waals surface area contributed by atoms with Crippen LogP contribution in [0.25, 0.3) is 0 Å². The average molecular weight is 383 g/mol. The van der Waals surface area contributed by atoms with Crippen molar-refractivity contribution in [1.82, 2.24) is 9.88 Å². The van der Waals surface area contributed by atoms with Crippen LogP contribution in [-0.4, -0.2) is 47.1 Å². The lowest BCUT2D eigenvalue weighted by atomic mass is 10.1. The van der Waals surface area contributed by atoms with Crippen LogP contribution >= 0.6 is 0 Å². The molecule has 2 heterocycles. The van der Waals surface area contributed by atoms with Crippen molar-refractivity contribution in [2.75, 3.05) is 18.0 Å². The van der Waals surface area contributed by atoms with Crippen LogP contribution in [0.2, 0.25) is 0 Å². The van der Waals surface area contributed by atoms with Gasteiger partial charge in [-0.05, 0) is 44.9 Å². The topological polar surface area (TPSA) is 45.7 Å². The molecule has 1 amide bonds. The predicted octanol–water partition coefficient (Wildman–Crippen LogP) is 3.64. The molecule has 1 saturated heterocycles. The minimum Gasteiger partial charge on any atom is -0.372 e. The number of hydrogen-bond acceptors (Lipinski definition) is 4. The number of carbonyl (C=O) groups is 1. The standard InChI is InChI=1S/C22H26FN3O2/c1-15-12-25(13-16(2)28-15)21-10-7-17(11-24-21)22(27)26(19-8-9-19)14-18-5-3-4-6-20(18)23/h3-7,10-11,15-16,19H,8-9,12-14H2,1-2H3/t15-,16-/m0/s1. The molecule has 4 rings (SSSR count). The molecule has 2 fully saturated rings. The van der Waals surface area contributed by atoms with Crippen LogP contribution in [0.5, 0.6) is 0 Å². The number of anilines is 1. The van der Waals surface area contributed by atoms with E-state index in [0.717, 1.165) is 31.7 Å². The second-order valence-corrected chi connectivity index (χ2v) is 7.82. The fourth-order valence-electron chi connectivity index (χ4n) is 3.79. The second-order valence-electron chi connectivity index (χ2n) is 7.82. The third kappa shape index (κ3) is 4.17. The molecule has 5 nitrogen and oxygen atoms in total. The number of halogens is 1. The minimum absolute atomic E-state index is 0.0893. The van der Waals surface area contributed by atoms with Crippen LogP contribution in [0, 0.1) is 5.82 Å². The summed E-state index contributed by atoms with van der Waals surface area (Å²) < 4.78 is 19.8. The summed E-state index contributed by atoms with van der Waals surface area (Å²) >= 11 is 0. The van der Waals surface area contributed by atoms with Gasteiger partial charge in [-0.25, -0.2) is 9.37 Å². The molecule has 1 saturated carbocycles. The van der Waals surface area contributed by atoms with E-state index in [0.29, 0.717) is 11.1 Å². The van der Waals surface area contributed by atoms with Crippen molar-refractivity contribution in [3.8, 4) is 0 Å². The number of nitrogens with zero attached hydrogens (tertiary/aromatic N) is 3. The van der Waals surface area contributed by atoms with Crippen molar-refractivity contribution in [3.05, 3.63) is 59.5 Å². The van der Waals surface area contributed by atoms with Crippen LogP contribution in [-0.2, 0) is 11.3 Å². The van der Waals surface area contributed by atoms with Gasteiger partial charge in [0.1, 0.15) is 11.6 Å². The molecule has 1 aromatic heterocycles. The minimum atomic E-state index is -0.273. The van der Waals surface area contributed by atoms with Crippen molar-refractivity contribution < 1.29 is 13.9 Å². The first-order valence-electron chi connectivity index (χ1n) is 9.92. The molecule has 1 aliphatic carbocycles. The molecule has 0 N–H and O–H groups in total. The Hall–Kier alpha value is -2.47. The van der Waals surface area contributed by atoms with Gasteiger partial charge in [-0.15, -0.1) is 0 Å². The van der Waals surface area contributed by atoms with Gasteiger partial charge in [0.25, 0.3) is 5.91 Å². The van der Waals surface area contributed by atoms with Crippen molar-refractivity contribution in [2.45, 2.75) is 51.5 Å². The molecular formula is C22H26FN3O2. The van der Waals surface area contributed by atoms with E-state index in [1.54, 1.807) is 29.3 Å². The highest BCUT2D eigenvalue weighted by Gasteiger charge is 2.33. The first-order chi connectivity index (χ1) is 13.5. The van der Waals surface area contributed by atoms with Gasteiger partial charge in [0, 0.05) is 37.4 Å². The number of ether oxygens (including phenoxy) is 1. The molecule has 0 unspecified atom stereocenters. The monoisotopic (exact) mass is 383 g/mol. The number of hydrogen-bond donors (Lipinski definition) is 0. The Balaban J connectivity index is 1.49. The maximum absolute atomic E-state index is 14.1. The summed E-state index contributed by atoms with van der Waals surface area (Å²) in [5.74, 6) is 0.490. The van der Waals surface area contributed by atoms with Crippen molar-refractivity contribution in [3.63, 3.8) is 0 Å². The molecule has 1 aromatic carbocycles. The number of carbonyl (C=O) groups excluding carboxylic acids is 1. The van der Waals surface area contributed by atoms with Crippen molar-refractivity contribution in [1.29, 1.82) is 0 Å². The molecule has 0 radical (unpaired) electrons. The lowest BCUT2D eigenvalue weighted by molar-refractivity contribution is -0.00546. The zero-order chi connectivity index (χ0) is 19.7. The Morgan fingerprint density at radius 1 is 1.18 bits per heavy atom. The maximum atomic E-state index is 14.1. The summed E-state index contributed by atoms with van der Waals surface area (Å²) in [4.78, 5) is 21.5. The fourth-order valence-corrected chi connectivity index (χ4v) is 3.79. The smallest absolute Gasteiger partial charge is 0.255 e. The summed E-state index contributed by atoms with van der Waals surface area (Å²) in [7, 11) is 0. The molecule has 2 aliphatic rings. The zero-order valence-corrected chi connectivity index (χ0v) is 16.3. The molecule has 0 bridgehead atoms. The van der Waals surface area contributed by atoms with E-state index in [9.17, 15) is 9.18 Å². The van der Waals surface area contributed by atoms with E-state index in [2.05, 4.69) is 23.7 Å².